The van der Waals surface area contributed by atoms with Gasteiger partial charge in [-0.3, -0.25) is 10.2 Å². The molecular weight excluding hydrogens is 654 g/mol. The van der Waals surface area contributed by atoms with Crippen LogP contribution < -0.4 is 15.6 Å². The number of carbonyl (C=O) groups is 1. The predicted molar refractivity (Wildman–Crippen MR) is 190 cm³/mol. The average molecular weight is 691 g/mol. The largest absolute Gasteiger partial charge is 0.494 e. The molecule has 1 heterocycles. The first-order valence-corrected chi connectivity index (χ1v) is 16.4. The Morgan fingerprint density at radius 3 is 2.47 bits per heavy atom. The van der Waals surface area contributed by atoms with Crippen LogP contribution in [-0.4, -0.2) is 35.7 Å². The Kier molecular flexibility index (Phi) is 10.4. The molecule has 1 aliphatic heterocycles. The number of halogens is 1. The third kappa shape index (κ3) is 7.46. The second-order valence-corrected chi connectivity index (χ2v) is 12.1. The van der Waals surface area contributed by atoms with Crippen LogP contribution in [0.5, 0.6) is 5.75 Å². The average Bonchev–Trinajstić information content (AvgIpc) is 3.50. The van der Waals surface area contributed by atoms with Gasteiger partial charge >= 0.3 is 0 Å². The van der Waals surface area contributed by atoms with Gasteiger partial charge in [-0.05, 0) is 52.2 Å². The molecule has 0 radical (unpaired) electrons. The molecule has 8 heteroatoms. The lowest BCUT2D eigenvalue weighted by Gasteiger charge is -2.30. The fourth-order valence-electron chi connectivity index (χ4n) is 5.69. The van der Waals surface area contributed by atoms with E-state index in [9.17, 15) is 4.79 Å². The minimum absolute atomic E-state index is 0.0683. The van der Waals surface area contributed by atoms with Gasteiger partial charge in [-0.15, -0.1) is 0 Å². The number of ether oxygens (including phenoxy) is 2. The van der Waals surface area contributed by atoms with Crippen LogP contribution in [0.15, 0.2) is 137 Å². The lowest BCUT2D eigenvalue weighted by molar-refractivity contribution is -0.129. The molecule has 6 rings (SSSR count). The highest BCUT2D eigenvalue weighted by molar-refractivity contribution is 9.10. The Morgan fingerprint density at radius 1 is 0.915 bits per heavy atom. The third-order valence-corrected chi connectivity index (χ3v) is 8.84. The molecule has 0 fully saturated rings. The van der Waals surface area contributed by atoms with Crippen molar-refractivity contribution in [1.82, 2.24) is 10.9 Å². The molecule has 0 bridgehead atoms. The fourth-order valence-corrected chi connectivity index (χ4v) is 6.19. The molecule has 0 saturated heterocycles. The molecule has 238 valence electrons. The number of carbonyl (C=O) groups excluding carboxylic acids is 1. The van der Waals surface area contributed by atoms with Crippen LogP contribution in [0.4, 0.5) is 0 Å². The van der Waals surface area contributed by atoms with Crippen molar-refractivity contribution in [2.45, 2.75) is 31.0 Å². The molecule has 5 aromatic carbocycles. The molecule has 5 aromatic rings. The minimum Gasteiger partial charge on any atom is -0.494 e. The van der Waals surface area contributed by atoms with Gasteiger partial charge in [-0.2, -0.15) is 0 Å². The van der Waals surface area contributed by atoms with E-state index in [0.717, 1.165) is 37.5 Å². The Labute approximate surface area is 283 Å². The lowest BCUT2D eigenvalue weighted by atomic mass is 9.84. The van der Waals surface area contributed by atoms with E-state index in [-0.39, 0.29) is 18.9 Å². The molecule has 0 spiro atoms. The lowest BCUT2D eigenvalue weighted by Crippen LogP contribution is -2.52. The molecule has 0 saturated carbocycles. The van der Waals surface area contributed by atoms with E-state index in [1.807, 2.05) is 109 Å². The van der Waals surface area contributed by atoms with Gasteiger partial charge in [0, 0.05) is 41.6 Å². The topological polar surface area (TPSA) is 92.2 Å². The number of aliphatic hydroxyl groups is 1. The summed E-state index contributed by atoms with van der Waals surface area (Å²) in [6.45, 7) is 0.914. The summed E-state index contributed by atoms with van der Waals surface area (Å²) in [5.74, 6) is 0.732. The van der Waals surface area contributed by atoms with E-state index in [2.05, 4.69) is 51.0 Å². The van der Waals surface area contributed by atoms with E-state index in [1.165, 1.54) is 0 Å². The van der Waals surface area contributed by atoms with Crippen LogP contribution >= 0.6 is 15.9 Å². The number of amides is 1. The van der Waals surface area contributed by atoms with Crippen molar-refractivity contribution in [3.8, 4) is 5.75 Å². The van der Waals surface area contributed by atoms with Gasteiger partial charge in [0.15, 0.2) is 11.6 Å². The number of benzene rings is 5. The van der Waals surface area contributed by atoms with Gasteiger partial charge in [-0.25, -0.2) is 10.4 Å². The van der Waals surface area contributed by atoms with Crippen molar-refractivity contribution in [1.29, 1.82) is 0 Å². The number of rotatable bonds is 13. The van der Waals surface area contributed by atoms with Gasteiger partial charge in [0.1, 0.15) is 5.75 Å². The second-order valence-electron chi connectivity index (χ2n) is 11.3. The summed E-state index contributed by atoms with van der Waals surface area (Å²) in [4.78, 5) is 19.6. The fraction of sp³-hybridized carbons (Fsp3) is 0.179. The van der Waals surface area contributed by atoms with Gasteiger partial charge in [0.2, 0.25) is 5.90 Å². The summed E-state index contributed by atoms with van der Waals surface area (Å²) in [7, 11) is 0. The Hall–Kier alpha value is -4.76. The first-order valence-electron chi connectivity index (χ1n) is 15.6. The number of fused-ring (bicyclic) bond motifs is 1. The van der Waals surface area contributed by atoms with Crippen molar-refractivity contribution < 1.29 is 19.4 Å². The van der Waals surface area contributed by atoms with Crippen LogP contribution in [0, 0.1) is 0 Å². The van der Waals surface area contributed by atoms with Crippen LogP contribution in [-0.2, 0) is 16.1 Å². The number of aliphatic hydroxyl groups excluding tert-OH is 1. The smallest absolute Gasteiger partial charge is 0.266 e. The van der Waals surface area contributed by atoms with Crippen LogP contribution in [0.3, 0.4) is 0 Å². The summed E-state index contributed by atoms with van der Waals surface area (Å²) in [6.07, 6.45) is 4.09. The monoisotopic (exact) mass is 689 g/mol. The zero-order chi connectivity index (χ0) is 32.5. The van der Waals surface area contributed by atoms with Crippen molar-refractivity contribution in [2.24, 2.45) is 4.99 Å². The van der Waals surface area contributed by atoms with Crippen molar-refractivity contribution in [2.75, 3.05) is 13.2 Å². The van der Waals surface area contributed by atoms with Crippen LogP contribution in [0.25, 0.3) is 16.8 Å². The van der Waals surface area contributed by atoms with E-state index >= 15 is 0 Å². The Morgan fingerprint density at radius 2 is 1.66 bits per heavy atom. The highest BCUT2D eigenvalue weighted by atomic mass is 79.9. The van der Waals surface area contributed by atoms with Gasteiger partial charge in [-0.1, -0.05) is 119 Å². The number of hydrogen-bond donors (Lipinski definition) is 3. The number of hydrogen-bond acceptors (Lipinski definition) is 6. The molecule has 1 amide bonds. The second kappa shape index (κ2) is 15.2. The molecule has 0 aromatic heterocycles. The summed E-state index contributed by atoms with van der Waals surface area (Å²) in [5, 5.41) is 11.3. The molecule has 2 atom stereocenters. The van der Waals surface area contributed by atoms with Crippen molar-refractivity contribution in [3.63, 3.8) is 0 Å². The summed E-state index contributed by atoms with van der Waals surface area (Å²) >= 11 is 3.70. The maximum Gasteiger partial charge on any atom is 0.266 e. The van der Waals surface area contributed by atoms with E-state index in [1.54, 1.807) is 0 Å². The normalized spacial score (nSPS) is 17.4. The summed E-state index contributed by atoms with van der Waals surface area (Å²) in [6, 6.07) is 39.5. The summed E-state index contributed by atoms with van der Waals surface area (Å²) in [5.41, 5.74) is 8.46. The number of nitrogens with zero attached hydrogens (tertiary/aromatic N) is 1. The highest BCUT2D eigenvalue weighted by Gasteiger charge is 2.53. The highest BCUT2D eigenvalue weighted by Crippen LogP contribution is 2.45. The first-order chi connectivity index (χ1) is 23.1. The van der Waals surface area contributed by atoms with Crippen molar-refractivity contribution in [3.05, 3.63) is 154 Å². The van der Waals surface area contributed by atoms with E-state index < -0.39 is 11.6 Å². The molecule has 0 unspecified atom stereocenters. The molecule has 47 heavy (non-hydrogen) atoms. The van der Waals surface area contributed by atoms with Gasteiger partial charge in [0.05, 0.1) is 6.61 Å². The van der Waals surface area contributed by atoms with Crippen LogP contribution in [0.1, 0.15) is 41.2 Å². The first kappa shape index (κ1) is 32.2. The van der Waals surface area contributed by atoms with Gasteiger partial charge < -0.3 is 14.6 Å². The third-order valence-electron chi connectivity index (χ3n) is 8.12. The van der Waals surface area contributed by atoms with Crippen molar-refractivity contribution >= 4 is 44.6 Å². The molecule has 0 aliphatic carbocycles. The Balaban J connectivity index is 1.34. The standard InChI is InChI=1S/C39H36BrN3O4/c40-35-19-7-6-18-34(35)36-39(24-9-13-28-11-2-1-3-12-28,42-37(47-36)30-20-22-32(23-21-30)46-26-10-25-44)38(45)43-41-27-31-16-8-15-29-14-4-5-17-33(29)31/h1-9,11-23,36,41,44H,10,24-27H2,(H,43,45)/b13-9+/t36-,39-/m0/s1. The number of hydrazine groups is 1. The van der Waals surface area contributed by atoms with E-state index in [0.29, 0.717) is 31.2 Å². The predicted octanol–water partition coefficient (Wildman–Crippen LogP) is 7.54. The number of aliphatic imine (C=N–C) groups is 1. The minimum atomic E-state index is -1.34. The van der Waals surface area contributed by atoms with Crippen LogP contribution in [0.2, 0.25) is 0 Å². The van der Waals surface area contributed by atoms with E-state index in [4.69, 9.17) is 19.6 Å². The maximum atomic E-state index is 14.5. The molecule has 3 N–H and O–H groups in total. The molecular formula is C39H36BrN3O4. The Bertz CT molecular complexity index is 1870. The summed E-state index contributed by atoms with van der Waals surface area (Å²) < 4.78 is 13.2. The SMILES string of the molecule is O=C(NNCc1cccc2ccccc12)[C@@]1(C/C=C/c2ccccc2)N=C(c2ccc(OCCCO)cc2)O[C@H]1c1ccccc1Br. The maximum absolute atomic E-state index is 14.5. The zero-order valence-electron chi connectivity index (χ0n) is 25.8. The molecule has 7 nitrogen and oxygen atoms in total. The zero-order valence-corrected chi connectivity index (χ0v) is 27.4. The quantitative estimate of drug-likeness (QED) is 0.0878. The number of nitrogens with one attached hydrogen (secondary N) is 2. The molecule has 1 aliphatic rings. The van der Waals surface area contributed by atoms with Gasteiger partial charge in [0.25, 0.3) is 5.91 Å².